The van der Waals surface area contributed by atoms with E-state index in [2.05, 4.69) is 5.32 Å². The van der Waals surface area contributed by atoms with Crippen molar-refractivity contribution in [2.45, 2.75) is 44.3 Å². The number of halogens is 4. The standard InChI is InChI=1S/C18H23ClF3N3O/c19-15-7-6-13(18(20,21)22)12-16(15)24-8-10-25(11-9-24)17(26)23-14-4-2-1-3-5-14/h6-7,12,14H,1-5,8-11H2,(H,23,26). The first-order valence-electron chi connectivity index (χ1n) is 9.02. The molecule has 1 heterocycles. The van der Waals surface area contributed by atoms with Crippen molar-refractivity contribution in [3.63, 3.8) is 0 Å². The molecule has 2 aliphatic rings. The van der Waals surface area contributed by atoms with Crippen molar-refractivity contribution >= 4 is 23.3 Å². The number of carbonyl (C=O) groups is 1. The smallest absolute Gasteiger partial charge is 0.367 e. The third kappa shape index (κ3) is 4.55. The molecule has 0 atom stereocenters. The van der Waals surface area contributed by atoms with Gasteiger partial charge in [0.05, 0.1) is 16.3 Å². The quantitative estimate of drug-likeness (QED) is 0.807. The molecule has 0 bridgehead atoms. The van der Waals surface area contributed by atoms with Crippen molar-refractivity contribution < 1.29 is 18.0 Å². The lowest BCUT2D eigenvalue weighted by molar-refractivity contribution is -0.137. The third-order valence-corrected chi connectivity index (χ3v) is 5.43. The van der Waals surface area contributed by atoms with Crippen LogP contribution in [-0.2, 0) is 6.18 Å². The molecular formula is C18H23ClF3N3O. The fourth-order valence-electron chi connectivity index (χ4n) is 3.59. The molecule has 3 rings (SSSR count). The Labute approximate surface area is 156 Å². The molecule has 4 nitrogen and oxygen atoms in total. The molecule has 1 saturated carbocycles. The Kier molecular flexibility index (Phi) is 5.85. The summed E-state index contributed by atoms with van der Waals surface area (Å²) < 4.78 is 38.8. The van der Waals surface area contributed by atoms with Crippen LogP contribution in [0.4, 0.5) is 23.7 Å². The first-order valence-corrected chi connectivity index (χ1v) is 9.39. The molecule has 0 unspecified atom stereocenters. The number of carbonyl (C=O) groups excluding carboxylic acids is 1. The van der Waals surface area contributed by atoms with Crippen molar-refractivity contribution in [1.82, 2.24) is 10.2 Å². The molecule has 8 heteroatoms. The van der Waals surface area contributed by atoms with Crippen molar-refractivity contribution in [3.8, 4) is 0 Å². The van der Waals surface area contributed by atoms with Crippen molar-refractivity contribution in [1.29, 1.82) is 0 Å². The molecule has 1 aromatic carbocycles. The predicted octanol–water partition coefficient (Wildman–Crippen LogP) is 4.52. The van der Waals surface area contributed by atoms with E-state index in [1.807, 2.05) is 4.90 Å². The van der Waals surface area contributed by atoms with Crippen LogP contribution in [0.1, 0.15) is 37.7 Å². The van der Waals surface area contributed by atoms with Gasteiger partial charge in [0, 0.05) is 32.2 Å². The lowest BCUT2D eigenvalue weighted by Gasteiger charge is -2.37. The number of piperazine rings is 1. The van der Waals surface area contributed by atoms with E-state index in [0.717, 1.165) is 37.8 Å². The topological polar surface area (TPSA) is 35.6 Å². The highest BCUT2D eigenvalue weighted by Gasteiger charge is 2.32. The summed E-state index contributed by atoms with van der Waals surface area (Å²) in [4.78, 5) is 15.9. The first-order chi connectivity index (χ1) is 12.3. The summed E-state index contributed by atoms with van der Waals surface area (Å²) in [5.74, 6) is 0. The average Bonchev–Trinajstić information content (AvgIpc) is 2.62. The summed E-state index contributed by atoms with van der Waals surface area (Å²) in [6, 6.07) is 3.51. The Morgan fingerprint density at radius 3 is 2.35 bits per heavy atom. The molecule has 144 valence electrons. The zero-order valence-corrected chi connectivity index (χ0v) is 15.2. The lowest BCUT2D eigenvalue weighted by Crippen LogP contribution is -2.53. The van der Waals surface area contributed by atoms with Gasteiger partial charge in [0.25, 0.3) is 0 Å². The molecule has 1 aromatic rings. The molecule has 1 N–H and O–H groups in total. The molecule has 0 spiro atoms. The van der Waals surface area contributed by atoms with Crippen molar-refractivity contribution in [2.24, 2.45) is 0 Å². The number of benzene rings is 1. The second-order valence-corrected chi connectivity index (χ2v) is 7.33. The van der Waals surface area contributed by atoms with Crippen molar-refractivity contribution in [2.75, 3.05) is 31.1 Å². The third-order valence-electron chi connectivity index (χ3n) is 5.11. The predicted molar refractivity (Wildman–Crippen MR) is 95.6 cm³/mol. The molecule has 2 amide bonds. The molecular weight excluding hydrogens is 367 g/mol. The van der Waals surface area contributed by atoms with Crippen LogP contribution in [0.3, 0.4) is 0 Å². The molecule has 1 aliphatic heterocycles. The second-order valence-electron chi connectivity index (χ2n) is 6.92. The maximum atomic E-state index is 12.9. The highest BCUT2D eigenvalue weighted by molar-refractivity contribution is 6.33. The van der Waals surface area contributed by atoms with Crippen LogP contribution in [0.5, 0.6) is 0 Å². The Morgan fingerprint density at radius 2 is 1.73 bits per heavy atom. The lowest BCUT2D eigenvalue weighted by atomic mass is 9.96. The largest absolute Gasteiger partial charge is 0.416 e. The van der Waals surface area contributed by atoms with E-state index < -0.39 is 11.7 Å². The minimum atomic E-state index is -4.40. The van der Waals surface area contributed by atoms with Crippen LogP contribution in [-0.4, -0.2) is 43.2 Å². The molecule has 1 aliphatic carbocycles. The van der Waals surface area contributed by atoms with Crippen LogP contribution in [0.15, 0.2) is 18.2 Å². The summed E-state index contributed by atoms with van der Waals surface area (Å²) >= 11 is 6.11. The van der Waals surface area contributed by atoms with E-state index in [-0.39, 0.29) is 17.1 Å². The number of hydrogen-bond donors (Lipinski definition) is 1. The number of nitrogens with zero attached hydrogens (tertiary/aromatic N) is 2. The van der Waals surface area contributed by atoms with Gasteiger partial charge >= 0.3 is 12.2 Å². The summed E-state index contributed by atoms with van der Waals surface area (Å²) in [6.07, 6.45) is 1.15. The number of nitrogens with one attached hydrogen (secondary N) is 1. The van der Waals surface area contributed by atoms with Gasteiger partial charge in [-0.25, -0.2) is 4.79 Å². The average molecular weight is 390 g/mol. The zero-order valence-electron chi connectivity index (χ0n) is 14.5. The van der Waals surface area contributed by atoms with Crippen LogP contribution < -0.4 is 10.2 Å². The number of hydrogen-bond acceptors (Lipinski definition) is 2. The van der Waals surface area contributed by atoms with Gasteiger partial charge in [-0.05, 0) is 31.0 Å². The Morgan fingerprint density at radius 1 is 1.08 bits per heavy atom. The van der Waals surface area contributed by atoms with E-state index >= 15 is 0 Å². The second kappa shape index (κ2) is 7.94. The SMILES string of the molecule is O=C(NC1CCCCC1)N1CCN(c2cc(C(F)(F)F)ccc2Cl)CC1. The fraction of sp³-hybridized carbons (Fsp3) is 0.611. The summed E-state index contributed by atoms with van der Waals surface area (Å²) in [5, 5.41) is 3.37. The maximum Gasteiger partial charge on any atom is 0.416 e. The van der Waals surface area contributed by atoms with Gasteiger partial charge in [-0.15, -0.1) is 0 Å². The number of amides is 2. The van der Waals surface area contributed by atoms with Gasteiger partial charge < -0.3 is 15.1 Å². The van der Waals surface area contributed by atoms with Gasteiger partial charge in [-0.2, -0.15) is 13.2 Å². The Hall–Kier alpha value is -1.63. The molecule has 1 saturated heterocycles. The minimum absolute atomic E-state index is 0.0771. The van der Waals surface area contributed by atoms with Crippen LogP contribution in [0.25, 0.3) is 0 Å². The van der Waals surface area contributed by atoms with Crippen LogP contribution in [0.2, 0.25) is 5.02 Å². The number of urea groups is 1. The highest BCUT2D eigenvalue weighted by atomic mass is 35.5. The fourth-order valence-corrected chi connectivity index (χ4v) is 3.83. The molecule has 26 heavy (non-hydrogen) atoms. The van der Waals surface area contributed by atoms with E-state index in [9.17, 15) is 18.0 Å². The molecule has 0 aromatic heterocycles. The maximum absolute atomic E-state index is 12.9. The first kappa shape index (κ1) is 19.1. The number of alkyl halides is 3. The monoisotopic (exact) mass is 389 g/mol. The van der Waals surface area contributed by atoms with E-state index in [4.69, 9.17) is 11.6 Å². The van der Waals surface area contributed by atoms with Gasteiger partial charge in [0.1, 0.15) is 0 Å². The van der Waals surface area contributed by atoms with E-state index in [1.54, 1.807) is 4.90 Å². The minimum Gasteiger partial charge on any atom is -0.367 e. The van der Waals surface area contributed by atoms with Gasteiger partial charge in [-0.1, -0.05) is 30.9 Å². The van der Waals surface area contributed by atoms with Gasteiger partial charge in [-0.3, -0.25) is 0 Å². The normalized spacial score (nSPS) is 19.5. The number of anilines is 1. The molecule has 2 fully saturated rings. The Bertz CT molecular complexity index is 639. The van der Waals surface area contributed by atoms with E-state index in [0.29, 0.717) is 31.9 Å². The van der Waals surface area contributed by atoms with Crippen LogP contribution in [0, 0.1) is 0 Å². The summed E-state index contributed by atoms with van der Waals surface area (Å²) in [6.45, 7) is 1.84. The van der Waals surface area contributed by atoms with Gasteiger partial charge in [0.2, 0.25) is 0 Å². The zero-order chi connectivity index (χ0) is 18.7. The Balaban J connectivity index is 1.59. The highest BCUT2D eigenvalue weighted by Crippen LogP contribution is 2.35. The van der Waals surface area contributed by atoms with Gasteiger partial charge in [0.15, 0.2) is 0 Å². The van der Waals surface area contributed by atoms with Crippen LogP contribution >= 0.6 is 11.6 Å². The van der Waals surface area contributed by atoms with Crippen molar-refractivity contribution in [3.05, 3.63) is 28.8 Å². The summed E-state index contributed by atoms with van der Waals surface area (Å²) in [5.41, 5.74) is -0.344. The number of rotatable bonds is 2. The summed E-state index contributed by atoms with van der Waals surface area (Å²) in [7, 11) is 0. The van der Waals surface area contributed by atoms with E-state index in [1.165, 1.54) is 12.5 Å². The molecule has 0 radical (unpaired) electrons.